The fraction of sp³-hybridized carbons (Fsp3) is 0. The van der Waals surface area contributed by atoms with Crippen molar-refractivity contribution in [2.45, 2.75) is 0 Å². The highest BCUT2D eigenvalue weighted by Gasteiger charge is 2.18. The van der Waals surface area contributed by atoms with E-state index in [1.165, 1.54) is 0 Å². The average molecular weight is 371 g/mol. The molecule has 2 aromatic carbocycles. The molecule has 0 aliphatic carbocycles. The highest BCUT2D eigenvalue weighted by atomic mass is 79.9. The topological polar surface area (TPSA) is 12.9 Å². The summed E-state index contributed by atoms with van der Waals surface area (Å²) in [6.45, 7) is 0. The number of hydrogen-bond acceptors (Lipinski definition) is 1. The third kappa shape index (κ3) is 2.20. The fourth-order valence-corrected chi connectivity index (χ4v) is 3.12. The van der Waals surface area contributed by atoms with Gasteiger partial charge in [0.15, 0.2) is 0 Å². The number of nitrogens with zero attached hydrogens (tertiary/aromatic N) is 1. The van der Waals surface area contributed by atoms with Gasteiger partial charge >= 0.3 is 0 Å². The minimum absolute atomic E-state index is 0.260. The Bertz CT molecular complexity index is 806. The van der Waals surface area contributed by atoms with Crippen LogP contribution in [0, 0.1) is 5.82 Å². The van der Waals surface area contributed by atoms with E-state index in [2.05, 4.69) is 20.9 Å². The first-order valence-corrected chi connectivity index (χ1v) is 7.32. The van der Waals surface area contributed by atoms with Crippen LogP contribution in [-0.2, 0) is 0 Å². The monoisotopic (exact) mass is 369 g/mol. The molecule has 0 saturated carbocycles. The van der Waals surface area contributed by atoms with Crippen molar-refractivity contribution in [2.24, 2.45) is 0 Å². The first-order valence-electron chi connectivity index (χ1n) is 5.77. The lowest BCUT2D eigenvalue weighted by atomic mass is 10.0. The van der Waals surface area contributed by atoms with Crippen molar-refractivity contribution in [2.75, 3.05) is 0 Å². The zero-order valence-electron chi connectivity index (χ0n) is 10.0. The molecule has 100 valence electrons. The molecule has 5 heteroatoms. The Morgan fingerprint density at radius 3 is 2.40 bits per heavy atom. The van der Waals surface area contributed by atoms with Gasteiger partial charge in [0.2, 0.25) is 0 Å². The fourth-order valence-electron chi connectivity index (χ4n) is 2.07. The predicted octanol–water partition coefficient (Wildman–Crippen LogP) is 6.11. The van der Waals surface area contributed by atoms with E-state index in [-0.39, 0.29) is 15.6 Å². The van der Waals surface area contributed by atoms with E-state index in [1.54, 1.807) is 12.1 Å². The van der Waals surface area contributed by atoms with E-state index in [0.29, 0.717) is 15.6 Å². The minimum Gasteiger partial charge on any atom is -0.235 e. The summed E-state index contributed by atoms with van der Waals surface area (Å²) in [6.07, 6.45) is 0. The summed E-state index contributed by atoms with van der Waals surface area (Å²) in [4.78, 5) is 4.23. The molecule has 0 amide bonds. The van der Waals surface area contributed by atoms with Gasteiger partial charge in [0, 0.05) is 5.56 Å². The molecule has 0 fully saturated rings. The van der Waals surface area contributed by atoms with Gasteiger partial charge in [-0.2, -0.15) is 0 Å². The SMILES string of the molecule is Fc1c(Br)ccc2nc(Cl)c(-c3ccccc3)c(Cl)c12. The number of pyridine rings is 1. The Labute approximate surface area is 133 Å². The van der Waals surface area contributed by atoms with Gasteiger partial charge in [0.05, 0.1) is 20.4 Å². The molecule has 0 aliphatic rings. The minimum atomic E-state index is -0.436. The Balaban J connectivity index is 2.42. The molecule has 0 aliphatic heterocycles. The molecule has 3 aromatic rings. The van der Waals surface area contributed by atoms with Crippen LogP contribution in [0.1, 0.15) is 0 Å². The lowest BCUT2D eigenvalue weighted by Crippen LogP contribution is -1.92. The van der Waals surface area contributed by atoms with E-state index >= 15 is 0 Å². The van der Waals surface area contributed by atoms with Crippen LogP contribution in [0.15, 0.2) is 46.9 Å². The number of fused-ring (bicyclic) bond motifs is 1. The normalized spacial score (nSPS) is 11.0. The zero-order valence-corrected chi connectivity index (χ0v) is 13.1. The van der Waals surface area contributed by atoms with E-state index in [4.69, 9.17) is 23.2 Å². The number of rotatable bonds is 1. The molecule has 0 spiro atoms. The van der Waals surface area contributed by atoms with Crippen LogP contribution in [0.5, 0.6) is 0 Å². The maximum absolute atomic E-state index is 14.3. The number of aromatic nitrogens is 1. The predicted molar refractivity (Wildman–Crippen MR) is 84.9 cm³/mol. The first kappa shape index (κ1) is 13.8. The van der Waals surface area contributed by atoms with Crippen LogP contribution < -0.4 is 0 Å². The lowest BCUT2D eigenvalue weighted by Gasteiger charge is -2.11. The summed E-state index contributed by atoms with van der Waals surface area (Å²) in [5, 5.41) is 0.796. The molecule has 20 heavy (non-hydrogen) atoms. The van der Waals surface area contributed by atoms with Crippen molar-refractivity contribution < 1.29 is 4.39 Å². The van der Waals surface area contributed by atoms with Crippen LogP contribution in [0.4, 0.5) is 4.39 Å². The zero-order chi connectivity index (χ0) is 14.3. The Hall–Kier alpha value is -1.16. The van der Waals surface area contributed by atoms with Crippen LogP contribution in [0.25, 0.3) is 22.0 Å². The quantitative estimate of drug-likeness (QED) is 0.471. The molecule has 1 heterocycles. The maximum atomic E-state index is 14.3. The molecule has 1 nitrogen and oxygen atoms in total. The second kappa shape index (κ2) is 5.32. The molecule has 0 bridgehead atoms. The molecule has 0 saturated heterocycles. The van der Waals surface area contributed by atoms with E-state index in [9.17, 15) is 4.39 Å². The molecule has 0 unspecified atom stereocenters. The lowest BCUT2D eigenvalue weighted by molar-refractivity contribution is 0.633. The van der Waals surface area contributed by atoms with Crippen molar-refractivity contribution >= 4 is 50.0 Å². The standard InChI is InChI=1S/C15H7BrCl2FN/c16-9-6-7-10-12(14(9)19)13(17)11(15(18)20-10)8-4-2-1-3-5-8/h1-7H. The molecule has 0 atom stereocenters. The molecule has 0 radical (unpaired) electrons. The Kier molecular flexibility index (Phi) is 3.67. The molecule has 0 N–H and O–H groups in total. The van der Waals surface area contributed by atoms with Crippen LogP contribution >= 0.6 is 39.1 Å². The molecular weight excluding hydrogens is 364 g/mol. The van der Waals surface area contributed by atoms with Crippen LogP contribution in [0.2, 0.25) is 10.2 Å². The van der Waals surface area contributed by atoms with E-state index < -0.39 is 5.82 Å². The van der Waals surface area contributed by atoms with Gasteiger partial charge in [-0.3, -0.25) is 0 Å². The van der Waals surface area contributed by atoms with Gasteiger partial charge in [0.1, 0.15) is 11.0 Å². The first-order chi connectivity index (χ1) is 9.59. The summed E-state index contributed by atoms with van der Waals surface area (Å²) in [5.41, 5.74) is 1.77. The summed E-state index contributed by atoms with van der Waals surface area (Å²) in [7, 11) is 0. The highest BCUT2D eigenvalue weighted by molar-refractivity contribution is 9.10. The number of halogens is 4. The third-order valence-corrected chi connectivity index (χ3v) is 4.26. The van der Waals surface area contributed by atoms with E-state index in [1.807, 2.05) is 30.3 Å². The summed E-state index contributed by atoms with van der Waals surface area (Å²) in [5.74, 6) is -0.436. The van der Waals surface area contributed by atoms with Gasteiger partial charge in [-0.25, -0.2) is 9.37 Å². The summed E-state index contributed by atoms with van der Waals surface area (Å²) < 4.78 is 14.6. The third-order valence-electron chi connectivity index (χ3n) is 3.00. The Morgan fingerprint density at radius 2 is 1.70 bits per heavy atom. The number of hydrogen-bond donors (Lipinski definition) is 0. The average Bonchev–Trinajstić information content (AvgIpc) is 2.44. The van der Waals surface area contributed by atoms with Gasteiger partial charge in [-0.1, -0.05) is 53.5 Å². The van der Waals surface area contributed by atoms with Crippen molar-refractivity contribution in [3.05, 3.63) is 62.9 Å². The van der Waals surface area contributed by atoms with Crippen molar-refractivity contribution in [3.63, 3.8) is 0 Å². The van der Waals surface area contributed by atoms with Crippen molar-refractivity contribution in [3.8, 4) is 11.1 Å². The number of benzene rings is 2. The van der Waals surface area contributed by atoms with Gasteiger partial charge in [-0.05, 0) is 33.6 Å². The van der Waals surface area contributed by atoms with Crippen LogP contribution in [-0.4, -0.2) is 4.98 Å². The van der Waals surface area contributed by atoms with Gasteiger partial charge < -0.3 is 0 Å². The van der Waals surface area contributed by atoms with Crippen molar-refractivity contribution in [1.82, 2.24) is 4.98 Å². The largest absolute Gasteiger partial charge is 0.235 e. The smallest absolute Gasteiger partial charge is 0.148 e. The van der Waals surface area contributed by atoms with Gasteiger partial charge in [-0.15, -0.1) is 0 Å². The summed E-state index contributed by atoms with van der Waals surface area (Å²) >= 11 is 15.7. The summed E-state index contributed by atoms with van der Waals surface area (Å²) in [6, 6.07) is 12.6. The highest BCUT2D eigenvalue weighted by Crippen LogP contribution is 2.40. The molecular formula is C15H7BrCl2FN. The van der Waals surface area contributed by atoms with E-state index in [0.717, 1.165) is 5.56 Å². The molecule has 3 rings (SSSR count). The second-order valence-corrected chi connectivity index (χ2v) is 5.80. The Morgan fingerprint density at radius 1 is 1.00 bits per heavy atom. The van der Waals surface area contributed by atoms with Crippen LogP contribution in [0.3, 0.4) is 0 Å². The molecule has 1 aromatic heterocycles. The van der Waals surface area contributed by atoms with Gasteiger partial charge in [0.25, 0.3) is 0 Å². The van der Waals surface area contributed by atoms with Crippen molar-refractivity contribution in [1.29, 1.82) is 0 Å². The maximum Gasteiger partial charge on any atom is 0.148 e. The second-order valence-electron chi connectivity index (χ2n) is 4.21.